The van der Waals surface area contributed by atoms with Crippen molar-refractivity contribution in [3.63, 3.8) is 0 Å². The van der Waals surface area contributed by atoms with Gasteiger partial charge in [0.05, 0.1) is 19.0 Å². The molecule has 2 rings (SSSR count). The van der Waals surface area contributed by atoms with Crippen LogP contribution < -0.4 is 5.32 Å². The van der Waals surface area contributed by atoms with Gasteiger partial charge in [-0.25, -0.2) is 8.42 Å². The number of nitrogens with zero attached hydrogens (tertiary/aromatic N) is 1. The van der Waals surface area contributed by atoms with E-state index in [1.54, 1.807) is 17.8 Å². The van der Waals surface area contributed by atoms with E-state index in [9.17, 15) is 13.2 Å². The largest absolute Gasteiger partial charge is 0.379 e. The highest BCUT2D eigenvalue weighted by Crippen LogP contribution is 2.16. The van der Waals surface area contributed by atoms with Crippen molar-refractivity contribution in [2.45, 2.75) is 18.7 Å². The zero-order chi connectivity index (χ0) is 17.4. The van der Waals surface area contributed by atoms with E-state index in [0.717, 1.165) is 16.9 Å². The van der Waals surface area contributed by atoms with Crippen LogP contribution in [0.5, 0.6) is 0 Å². The van der Waals surface area contributed by atoms with Gasteiger partial charge in [0.25, 0.3) is 0 Å². The van der Waals surface area contributed by atoms with Crippen LogP contribution in [0.25, 0.3) is 0 Å². The van der Waals surface area contributed by atoms with E-state index in [4.69, 9.17) is 4.74 Å². The lowest BCUT2D eigenvalue weighted by molar-refractivity contribution is -0.120. The number of hydrogen-bond acceptors (Lipinski definition) is 5. The van der Waals surface area contributed by atoms with Crippen LogP contribution in [0.2, 0.25) is 0 Å². The average Bonchev–Trinajstić information content (AvgIpc) is 2.59. The summed E-state index contributed by atoms with van der Waals surface area (Å²) in [5.74, 6) is 0.707. The number of carbonyl (C=O) groups is 1. The minimum Gasteiger partial charge on any atom is -0.379 e. The number of rotatable bonds is 8. The second-order valence-corrected chi connectivity index (χ2v) is 8.51. The first-order valence-electron chi connectivity index (χ1n) is 7.91. The number of hydrogen-bond donors (Lipinski definition) is 1. The van der Waals surface area contributed by atoms with Crippen LogP contribution in [0.3, 0.4) is 0 Å². The van der Waals surface area contributed by atoms with Gasteiger partial charge in [0, 0.05) is 31.8 Å². The van der Waals surface area contributed by atoms with E-state index in [1.165, 1.54) is 4.31 Å². The molecule has 24 heavy (non-hydrogen) atoms. The van der Waals surface area contributed by atoms with Gasteiger partial charge in [0.2, 0.25) is 15.9 Å². The van der Waals surface area contributed by atoms with Crippen LogP contribution in [0.4, 0.5) is 0 Å². The first-order chi connectivity index (χ1) is 11.5. The summed E-state index contributed by atoms with van der Waals surface area (Å²) in [6.45, 7) is 2.02. The van der Waals surface area contributed by atoms with Gasteiger partial charge in [0.1, 0.15) is 0 Å². The minimum absolute atomic E-state index is 0.0183. The smallest absolute Gasteiger partial charge is 0.221 e. The Morgan fingerprint density at radius 2 is 1.92 bits per heavy atom. The van der Waals surface area contributed by atoms with Crippen molar-refractivity contribution < 1.29 is 17.9 Å². The van der Waals surface area contributed by atoms with Gasteiger partial charge in [-0.1, -0.05) is 24.3 Å². The summed E-state index contributed by atoms with van der Waals surface area (Å²) in [5.41, 5.74) is 1.57. The molecule has 0 saturated carbocycles. The quantitative estimate of drug-likeness (QED) is 0.743. The van der Waals surface area contributed by atoms with Crippen molar-refractivity contribution >= 4 is 27.7 Å². The molecule has 1 aromatic rings. The van der Waals surface area contributed by atoms with Gasteiger partial charge >= 0.3 is 0 Å². The number of nitrogens with one attached hydrogen (secondary N) is 1. The number of carbonyl (C=O) groups excluding carboxylic acids is 1. The standard InChI is InChI=1S/C16H24N2O4S2/c1-23-11-6-16(19)17-12-14-4-2-3-5-15(14)13-24(20,21)18-7-9-22-10-8-18/h2-5H,6-13H2,1H3,(H,17,19). The summed E-state index contributed by atoms with van der Waals surface area (Å²) in [6.07, 6.45) is 2.43. The predicted molar refractivity (Wildman–Crippen MR) is 96.3 cm³/mol. The number of thioether (sulfide) groups is 1. The lowest BCUT2D eigenvalue weighted by Gasteiger charge is -2.26. The number of benzene rings is 1. The van der Waals surface area contributed by atoms with Crippen molar-refractivity contribution in [3.8, 4) is 0 Å². The number of morpholine rings is 1. The molecule has 0 aromatic heterocycles. The summed E-state index contributed by atoms with van der Waals surface area (Å²) in [4.78, 5) is 11.8. The second kappa shape index (κ2) is 9.41. The fourth-order valence-electron chi connectivity index (χ4n) is 2.46. The average molecular weight is 373 g/mol. The molecule has 1 fully saturated rings. The molecule has 0 radical (unpaired) electrons. The van der Waals surface area contributed by atoms with Gasteiger partial charge in [-0.2, -0.15) is 16.1 Å². The molecule has 8 heteroatoms. The fraction of sp³-hybridized carbons (Fsp3) is 0.562. The van der Waals surface area contributed by atoms with Gasteiger partial charge in [-0.15, -0.1) is 0 Å². The molecule has 1 amide bonds. The van der Waals surface area contributed by atoms with Crippen LogP contribution in [-0.2, 0) is 31.9 Å². The monoisotopic (exact) mass is 372 g/mol. The molecule has 0 atom stereocenters. The van der Waals surface area contributed by atoms with Crippen LogP contribution in [-0.4, -0.2) is 56.9 Å². The summed E-state index contributed by atoms with van der Waals surface area (Å²) in [7, 11) is -3.37. The zero-order valence-corrected chi connectivity index (χ0v) is 15.5. The second-order valence-electron chi connectivity index (χ2n) is 5.56. The molecule has 1 N–H and O–H groups in total. The first kappa shape index (κ1) is 19.2. The van der Waals surface area contributed by atoms with Crippen LogP contribution >= 0.6 is 11.8 Å². The number of amides is 1. The molecule has 1 saturated heterocycles. The Labute approximate surface area is 148 Å². The van der Waals surface area contributed by atoms with Crippen LogP contribution in [0.15, 0.2) is 24.3 Å². The van der Waals surface area contributed by atoms with Crippen molar-refractivity contribution in [3.05, 3.63) is 35.4 Å². The molecule has 0 unspecified atom stereocenters. The van der Waals surface area contributed by atoms with E-state index in [0.29, 0.717) is 39.3 Å². The van der Waals surface area contributed by atoms with Crippen molar-refractivity contribution in [1.82, 2.24) is 9.62 Å². The molecule has 1 aromatic carbocycles. The van der Waals surface area contributed by atoms with Crippen molar-refractivity contribution in [2.75, 3.05) is 38.3 Å². The third-order valence-corrected chi connectivity index (χ3v) is 6.27. The van der Waals surface area contributed by atoms with Gasteiger partial charge in [-0.05, 0) is 17.4 Å². The lowest BCUT2D eigenvalue weighted by Crippen LogP contribution is -2.41. The Kier molecular flexibility index (Phi) is 7.54. The van der Waals surface area contributed by atoms with E-state index < -0.39 is 10.0 Å². The van der Waals surface area contributed by atoms with Gasteiger partial charge < -0.3 is 10.1 Å². The third-order valence-electron chi connectivity index (χ3n) is 3.83. The highest BCUT2D eigenvalue weighted by molar-refractivity contribution is 7.98. The maximum atomic E-state index is 12.6. The van der Waals surface area contributed by atoms with Crippen molar-refractivity contribution in [1.29, 1.82) is 0 Å². The maximum Gasteiger partial charge on any atom is 0.221 e. The molecule has 6 nitrogen and oxygen atoms in total. The summed E-state index contributed by atoms with van der Waals surface area (Å²) < 4.78 is 31.8. The summed E-state index contributed by atoms with van der Waals surface area (Å²) in [5, 5.41) is 2.86. The van der Waals surface area contributed by atoms with Crippen LogP contribution in [0.1, 0.15) is 17.5 Å². The molecule has 1 aliphatic rings. The minimum atomic E-state index is -3.37. The molecular formula is C16H24N2O4S2. The first-order valence-corrected chi connectivity index (χ1v) is 10.9. The van der Waals surface area contributed by atoms with Crippen LogP contribution in [0, 0.1) is 0 Å². The lowest BCUT2D eigenvalue weighted by atomic mass is 10.1. The zero-order valence-electron chi connectivity index (χ0n) is 13.9. The molecular weight excluding hydrogens is 348 g/mol. The Morgan fingerprint density at radius 1 is 1.25 bits per heavy atom. The molecule has 0 bridgehead atoms. The molecule has 0 spiro atoms. The van der Waals surface area contributed by atoms with E-state index in [-0.39, 0.29) is 11.7 Å². The van der Waals surface area contributed by atoms with Gasteiger partial charge in [0.15, 0.2) is 0 Å². The third kappa shape index (κ3) is 5.77. The maximum absolute atomic E-state index is 12.6. The SMILES string of the molecule is CSCCC(=O)NCc1ccccc1CS(=O)(=O)N1CCOCC1. The summed E-state index contributed by atoms with van der Waals surface area (Å²) >= 11 is 1.62. The Balaban J connectivity index is 2.01. The number of ether oxygens (including phenoxy) is 1. The fourth-order valence-corrected chi connectivity index (χ4v) is 4.41. The highest BCUT2D eigenvalue weighted by atomic mass is 32.2. The number of sulfonamides is 1. The van der Waals surface area contributed by atoms with E-state index >= 15 is 0 Å². The van der Waals surface area contributed by atoms with E-state index in [1.807, 2.05) is 24.5 Å². The molecule has 1 heterocycles. The Morgan fingerprint density at radius 3 is 2.58 bits per heavy atom. The topological polar surface area (TPSA) is 75.7 Å². The predicted octanol–water partition coefficient (Wildman–Crippen LogP) is 1.22. The molecule has 0 aliphatic carbocycles. The van der Waals surface area contributed by atoms with Gasteiger partial charge in [-0.3, -0.25) is 4.79 Å². The normalized spacial score (nSPS) is 16.0. The Bertz CT molecular complexity index is 643. The highest BCUT2D eigenvalue weighted by Gasteiger charge is 2.25. The Hall–Kier alpha value is -1.09. The molecule has 134 valence electrons. The van der Waals surface area contributed by atoms with Crippen molar-refractivity contribution in [2.24, 2.45) is 0 Å². The van der Waals surface area contributed by atoms with E-state index in [2.05, 4.69) is 5.32 Å². The molecule has 1 aliphatic heterocycles. The summed E-state index contributed by atoms with van der Waals surface area (Å²) in [6, 6.07) is 7.35.